The Balaban J connectivity index is 0.000000151. The molecule has 26 heavy (non-hydrogen) atoms. The molecule has 0 aromatic heterocycles. The molecule has 2 aliphatic heterocycles. The highest BCUT2D eigenvalue weighted by atomic mass is 16.7. The highest BCUT2D eigenvalue weighted by Crippen LogP contribution is 2.53. The van der Waals surface area contributed by atoms with Crippen molar-refractivity contribution in [3.8, 4) is 0 Å². The maximum Gasteiger partial charge on any atom is 0.461 e. The van der Waals surface area contributed by atoms with E-state index in [-0.39, 0.29) is 36.6 Å². The van der Waals surface area contributed by atoms with E-state index in [4.69, 9.17) is 18.6 Å². The molecule has 0 aromatic rings. The van der Waals surface area contributed by atoms with Gasteiger partial charge in [0.15, 0.2) is 0 Å². The van der Waals surface area contributed by atoms with Crippen molar-refractivity contribution in [2.75, 3.05) is 0 Å². The lowest BCUT2D eigenvalue weighted by Gasteiger charge is -2.32. The fourth-order valence-corrected chi connectivity index (χ4v) is 3.59. The molecule has 148 valence electrons. The molecule has 4 rings (SSSR count). The zero-order chi connectivity index (χ0) is 19.7. The summed E-state index contributed by atoms with van der Waals surface area (Å²) in [5.74, 6) is 2.85. The van der Waals surface area contributed by atoms with Gasteiger partial charge in [-0.25, -0.2) is 0 Å². The Bertz CT molecular complexity index is 466. The molecule has 0 amide bonds. The van der Waals surface area contributed by atoms with Crippen LogP contribution < -0.4 is 0 Å². The van der Waals surface area contributed by atoms with Gasteiger partial charge in [0.25, 0.3) is 0 Å². The van der Waals surface area contributed by atoms with Crippen LogP contribution in [0.3, 0.4) is 0 Å². The number of rotatable bonds is 2. The summed E-state index contributed by atoms with van der Waals surface area (Å²) in [5, 5.41) is 0. The average Bonchev–Trinajstić information content (AvgIpc) is 3.31. The van der Waals surface area contributed by atoms with Gasteiger partial charge in [0.2, 0.25) is 0 Å². The molecule has 2 heterocycles. The van der Waals surface area contributed by atoms with E-state index >= 15 is 0 Å². The predicted octanol–water partition coefficient (Wildman–Crippen LogP) is 4.98. The van der Waals surface area contributed by atoms with E-state index in [0.29, 0.717) is 11.6 Å². The Labute approximate surface area is 161 Å². The number of hydrogen-bond donors (Lipinski definition) is 0. The first kappa shape index (κ1) is 20.7. The van der Waals surface area contributed by atoms with E-state index in [1.54, 1.807) is 0 Å². The standard InChI is InChI=1S/2C10H19BO2/c2*1-7-6-8(7)11-12-9(2,3)10(4,5)13-11/h2*7-8H,6H2,1-5H3/t2*7-,8+/m10/s1. The SMILES string of the molecule is C[C@@H]1C[C@@H]1B1OC(C)(C)C(C)(C)O1.C[C@H]1C[C@H]1B1OC(C)(C)C(C)(C)O1. The molecule has 4 atom stereocenters. The van der Waals surface area contributed by atoms with E-state index in [9.17, 15) is 0 Å². The molecule has 4 fully saturated rings. The van der Waals surface area contributed by atoms with Crippen LogP contribution in [0.2, 0.25) is 11.6 Å². The summed E-state index contributed by atoms with van der Waals surface area (Å²) < 4.78 is 23.7. The van der Waals surface area contributed by atoms with Crippen molar-refractivity contribution in [3.63, 3.8) is 0 Å². The fourth-order valence-electron chi connectivity index (χ4n) is 3.59. The summed E-state index contributed by atoms with van der Waals surface area (Å²) in [4.78, 5) is 0. The molecule has 0 spiro atoms. The van der Waals surface area contributed by atoms with Gasteiger partial charge in [0.1, 0.15) is 0 Å². The molecular formula is C20H38B2O4. The first-order chi connectivity index (χ1) is 11.7. The Kier molecular flexibility index (Phi) is 4.96. The minimum Gasteiger partial charge on any atom is -0.403 e. The van der Waals surface area contributed by atoms with Crippen molar-refractivity contribution >= 4 is 14.2 Å². The van der Waals surface area contributed by atoms with Crippen LogP contribution in [0.5, 0.6) is 0 Å². The van der Waals surface area contributed by atoms with Crippen LogP contribution in [0.1, 0.15) is 82.1 Å². The maximum absolute atomic E-state index is 5.94. The smallest absolute Gasteiger partial charge is 0.403 e. The zero-order valence-corrected chi connectivity index (χ0v) is 18.5. The lowest BCUT2D eigenvalue weighted by molar-refractivity contribution is 0.00578. The lowest BCUT2D eigenvalue weighted by atomic mass is 9.81. The van der Waals surface area contributed by atoms with Crippen molar-refractivity contribution in [1.29, 1.82) is 0 Å². The van der Waals surface area contributed by atoms with Gasteiger partial charge in [-0.05, 0) is 91.7 Å². The minimum atomic E-state index is -0.153. The van der Waals surface area contributed by atoms with Gasteiger partial charge in [-0.15, -0.1) is 0 Å². The summed E-state index contributed by atoms with van der Waals surface area (Å²) in [7, 11) is 0.0833. The molecule has 2 saturated carbocycles. The third-order valence-corrected chi connectivity index (χ3v) is 7.59. The van der Waals surface area contributed by atoms with E-state index in [2.05, 4.69) is 69.2 Å². The van der Waals surface area contributed by atoms with Crippen LogP contribution in [-0.4, -0.2) is 36.6 Å². The van der Waals surface area contributed by atoms with Crippen molar-refractivity contribution < 1.29 is 18.6 Å². The second-order valence-electron chi connectivity index (χ2n) is 11.0. The van der Waals surface area contributed by atoms with Crippen LogP contribution in [0.15, 0.2) is 0 Å². The third-order valence-electron chi connectivity index (χ3n) is 7.59. The van der Waals surface area contributed by atoms with E-state index in [1.807, 2.05) is 0 Å². The van der Waals surface area contributed by atoms with Crippen molar-refractivity contribution in [3.05, 3.63) is 0 Å². The summed E-state index contributed by atoms with van der Waals surface area (Å²) >= 11 is 0. The normalized spacial score (nSPS) is 40.8. The van der Waals surface area contributed by atoms with E-state index in [1.165, 1.54) is 12.8 Å². The maximum atomic E-state index is 5.94. The summed E-state index contributed by atoms with van der Waals surface area (Å²) in [6, 6.07) is 0. The van der Waals surface area contributed by atoms with Crippen LogP contribution in [0, 0.1) is 11.8 Å². The summed E-state index contributed by atoms with van der Waals surface area (Å²) in [6.45, 7) is 21.4. The Morgan fingerprint density at radius 1 is 0.538 bits per heavy atom. The van der Waals surface area contributed by atoms with Gasteiger partial charge < -0.3 is 18.6 Å². The average molecular weight is 364 g/mol. The van der Waals surface area contributed by atoms with Gasteiger partial charge in [0.05, 0.1) is 22.4 Å². The minimum absolute atomic E-state index is 0.0417. The predicted molar refractivity (Wildman–Crippen MR) is 107 cm³/mol. The van der Waals surface area contributed by atoms with E-state index in [0.717, 1.165) is 11.8 Å². The second kappa shape index (κ2) is 6.23. The molecule has 0 bridgehead atoms. The highest BCUT2D eigenvalue weighted by Gasteiger charge is 2.59. The van der Waals surface area contributed by atoms with Crippen molar-refractivity contribution in [2.24, 2.45) is 11.8 Å². The molecule has 4 nitrogen and oxygen atoms in total. The molecule has 0 unspecified atom stereocenters. The topological polar surface area (TPSA) is 36.9 Å². The molecule has 0 radical (unpaired) electrons. The highest BCUT2D eigenvalue weighted by molar-refractivity contribution is 6.49. The Morgan fingerprint density at radius 2 is 0.731 bits per heavy atom. The van der Waals surface area contributed by atoms with Crippen molar-refractivity contribution in [1.82, 2.24) is 0 Å². The first-order valence-corrected chi connectivity index (χ1v) is 10.4. The molecule has 2 aliphatic carbocycles. The van der Waals surface area contributed by atoms with E-state index < -0.39 is 0 Å². The Morgan fingerprint density at radius 3 is 0.885 bits per heavy atom. The van der Waals surface area contributed by atoms with Gasteiger partial charge in [-0.1, -0.05) is 13.8 Å². The summed E-state index contributed by atoms with van der Waals surface area (Å²) in [5.41, 5.74) is -0.611. The largest absolute Gasteiger partial charge is 0.461 e. The molecule has 0 N–H and O–H groups in total. The lowest BCUT2D eigenvalue weighted by Crippen LogP contribution is -2.41. The van der Waals surface area contributed by atoms with Gasteiger partial charge in [0, 0.05) is 0 Å². The molecular weight excluding hydrogens is 326 g/mol. The molecule has 6 heteroatoms. The second-order valence-corrected chi connectivity index (χ2v) is 11.0. The molecule has 0 aromatic carbocycles. The van der Waals surface area contributed by atoms with Gasteiger partial charge in [-0.2, -0.15) is 0 Å². The molecule has 4 aliphatic rings. The monoisotopic (exact) mass is 364 g/mol. The van der Waals surface area contributed by atoms with Crippen LogP contribution in [0.4, 0.5) is 0 Å². The zero-order valence-electron chi connectivity index (χ0n) is 18.5. The molecule has 2 saturated heterocycles. The number of hydrogen-bond acceptors (Lipinski definition) is 4. The Hall–Kier alpha value is -0.0301. The van der Waals surface area contributed by atoms with Gasteiger partial charge >= 0.3 is 14.2 Å². The van der Waals surface area contributed by atoms with Crippen LogP contribution in [-0.2, 0) is 18.6 Å². The first-order valence-electron chi connectivity index (χ1n) is 10.4. The van der Waals surface area contributed by atoms with Crippen molar-refractivity contribution in [2.45, 2.75) is 116 Å². The summed E-state index contributed by atoms with van der Waals surface area (Å²) in [6.07, 6.45) is 2.52. The van der Waals surface area contributed by atoms with Gasteiger partial charge in [-0.3, -0.25) is 0 Å². The van der Waals surface area contributed by atoms with Crippen LogP contribution >= 0.6 is 0 Å². The van der Waals surface area contributed by atoms with Crippen LogP contribution in [0.25, 0.3) is 0 Å². The fraction of sp³-hybridized carbons (Fsp3) is 1.00. The third kappa shape index (κ3) is 3.76. The quantitative estimate of drug-likeness (QED) is 0.648.